The first-order valence-corrected chi connectivity index (χ1v) is 13.8. The van der Waals surface area contributed by atoms with Crippen LogP contribution in [-0.4, -0.2) is 28.5 Å². The summed E-state index contributed by atoms with van der Waals surface area (Å²) in [4.78, 5) is 33.7. The van der Waals surface area contributed by atoms with Crippen LogP contribution in [0.2, 0.25) is 0 Å². The molecule has 1 saturated heterocycles. The molecule has 0 aliphatic carbocycles. The van der Waals surface area contributed by atoms with E-state index in [0.717, 1.165) is 59.0 Å². The van der Waals surface area contributed by atoms with Crippen molar-refractivity contribution in [2.75, 3.05) is 18.0 Å². The lowest BCUT2D eigenvalue weighted by Gasteiger charge is -2.25. The summed E-state index contributed by atoms with van der Waals surface area (Å²) >= 11 is 0. The fraction of sp³-hybridized carbons (Fsp3) is 0.242. The van der Waals surface area contributed by atoms with Crippen LogP contribution in [0.1, 0.15) is 36.8 Å². The van der Waals surface area contributed by atoms with Gasteiger partial charge in [-0.15, -0.1) is 0 Å². The molecule has 0 saturated carbocycles. The van der Waals surface area contributed by atoms with Crippen LogP contribution in [0.25, 0.3) is 27.4 Å². The van der Waals surface area contributed by atoms with Crippen molar-refractivity contribution in [1.82, 2.24) is 14.9 Å². The zero-order valence-electron chi connectivity index (χ0n) is 22.0. The minimum Gasteiger partial charge on any atom is -0.352 e. The summed E-state index contributed by atoms with van der Waals surface area (Å²) in [5.74, 6) is 0.659. The normalized spacial score (nSPS) is 13.9. The second-order valence-corrected chi connectivity index (χ2v) is 10.2. The maximum Gasteiger partial charge on any atom is 0.267 e. The summed E-state index contributed by atoms with van der Waals surface area (Å²) in [5, 5.41) is 5.98. The molecule has 1 aliphatic rings. The van der Waals surface area contributed by atoms with E-state index in [0.29, 0.717) is 17.9 Å². The zero-order chi connectivity index (χ0) is 26.6. The summed E-state index contributed by atoms with van der Waals surface area (Å²) in [7, 11) is 0. The number of hydrogen-bond donors (Lipinski definition) is 1. The molecular formula is C33H32N4O2. The van der Waals surface area contributed by atoms with Gasteiger partial charge in [0.1, 0.15) is 0 Å². The number of nitrogens with zero attached hydrogens (tertiary/aromatic N) is 3. The fourth-order valence-corrected chi connectivity index (χ4v) is 5.49. The highest BCUT2D eigenvalue weighted by atomic mass is 16.1. The number of amides is 1. The predicted octanol–water partition coefficient (Wildman–Crippen LogP) is 5.78. The fourth-order valence-electron chi connectivity index (χ4n) is 5.49. The summed E-state index contributed by atoms with van der Waals surface area (Å²) in [6.07, 6.45) is 4.86. The van der Waals surface area contributed by atoms with Gasteiger partial charge in [-0.1, -0.05) is 79.6 Å². The van der Waals surface area contributed by atoms with Crippen LogP contribution in [0.3, 0.4) is 0 Å². The van der Waals surface area contributed by atoms with Crippen molar-refractivity contribution in [3.05, 3.63) is 112 Å². The van der Waals surface area contributed by atoms with Crippen molar-refractivity contribution in [3.63, 3.8) is 0 Å². The average molecular weight is 517 g/mol. The number of carbonyl (C=O) groups is 1. The molecule has 6 heteroatoms. The Hall–Kier alpha value is -4.45. The molecule has 5 aromatic rings. The summed E-state index contributed by atoms with van der Waals surface area (Å²) < 4.78 is 1.73. The van der Waals surface area contributed by atoms with Gasteiger partial charge in [0.15, 0.2) is 0 Å². The van der Waals surface area contributed by atoms with Crippen LogP contribution >= 0.6 is 0 Å². The molecule has 0 unspecified atom stereocenters. The molecule has 1 fully saturated rings. The number of rotatable bonds is 6. The van der Waals surface area contributed by atoms with Crippen molar-refractivity contribution in [1.29, 1.82) is 0 Å². The molecule has 6 nitrogen and oxygen atoms in total. The van der Waals surface area contributed by atoms with Gasteiger partial charge in [0.2, 0.25) is 11.9 Å². The van der Waals surface area contributed by atoms with Gasteiger partial charge in [-0.05, 0) is 59.0 Å². The summed E-state index contributed by atoms with van der Waals surface area (Å²) in [6, 6.07) is 29.6. The molecule has 0 radical (unpaired) electrons. The van der Waals surface area contributed by atoms with Gasteiger partial charge >= 0.3 is 0 Å². The van der Waals surface area contributed by atoms with Gasteiger partial charge in [0.05, 0.1) is 23.0 Å². The van der Waals surface area contributed by atoms with Gasteiger partial charge in [0, 0.05) is 19.6 Å². The second kappa shape index (κ2) is 11.1. The summed E-state index contributed by atoms with van der Waals surface area (Å²) in [6.45, 7) is 2.26. The van der Waals surface area contributed by atoms with Gasteiger partial charge in [0.25, 0.3) is 5.56 Å². The second-order valence-electron chi connectivity index (χ2n) is 10.2. The molecule has 0 spiro atoms. The van der Waals surface area contributed by atoms with E-state index in [9.17, 15) is 9.59 Å². The van der Waals surface area contributed by atoms with E-state index in [1.807, 2.05) is 66.7 Å². The van der Waals surface area contributed by atoms with Gasteiger partial charge in [-0.2, -0.15) is 0 Å². The van der Waals surface area contributed by atoms with E-state index in [1.165, 1.54) is 12.8 Å². The Morgan fingerprint density at radius 3 is 2.26 bits per heavy atom. The van der Waals surface area contributed by atoms with Crippen LogP contribution in [0, 0.1) is 0 Å². The number of fused-ring (bicyclic) bond motifs is 2. The van der Waals surface area contributed by atoms with Crippen molar-refractivity contribution >= 4 is 33.5 Å². The van der Waals surface area contributed by atoms with Crippen LogP contribution in [-0.2, 0) is 17.8 Å². The number of nitrogens with one attached hydrogen (secondary N) is 1. The minimum absolute atomic E-state index is 0.0366. The quantitative estimate of drug-likeness (QED) is 0.311. The molecule has 0 bridgehead atoms. The van der Waals surface area contributed by atoms with E-state index in [-0.39, 0.29) is 17.9 Å². The number of hydrogen-bond acceptors (Lipinski definition) is 4. The molecule has 1 aromatic heterocycles. The Morgan fingerprint density at radius 1 is 0.769 bits per heavy atom. The first kappa shape index (κ1) is 24.9. The Balaban J connectivity index is 1.23. The minimum atomic E-state index is -0.0690. The van der Waals surface area contributed by atoms with Crippen LogP contribution in [0.4, 0.5) is 5.95 Å². The highest BCUT2D eigenvalue weighted by Gasteiger charge is 2.19. The van der Waals surface area contributed by atoms with Crippen molar-refractivity contribution in [3.8, 4) is 5.69 Å². The first-order chi connectivity index (χ1) is 19.2. The van der Waals surface area contributed by atoms with E-state index < -0.39 is 0 Å². The molecule has 196 valence electrons. The van der Waals surface area contributed by atoms with Crippen molar-refractivity contribution in [2.24, 2.45) is 0 Å². The number of carbonyl (C=O) groups excluding carboxylic acids is 1. The van der Waals surface area contributed by atoms with Crippen molar-refractivity contribution in [2.45, 2.75) is 38.6 Å². The summed E-state index contributed by atoms with van der Waals surface area (Å²) in [5.41, 5.74) is 3.41. The molecule has 0 atom stereocenters. The molecule has 6 rings (SSSR count). The number of anilines is 1. The molecular weight excluding hydrogens is 484 g/mol. The number of benzene rings is 4. The highest BCUT2D eigenvalue weighted by molar-refractivity contribution is 5.86. The maximum atomic E-state index is 13.7. The van der Waals surface area contributed by atoms with Gasteiger partial charge < -0.3 is 10.2 Å². The highest BCUT2D eigenvalue weighted by Crippen LogP contribution is 2.23. The third-order valence-corrected chi connectivity index (χ3v) is 7.56. The topological polar surface area (TPSA) is 67.2 Å². The largest absolute Gasteiger partial charge is 0.352 e. The standard InChI is InChI=1S/C33H32N4O2/c38-31(34-23-26-12-9-11-25-10-3-4-13-28(25)26)22-24-16-18-27(19-17-24)37-32(39)29-14-5-6-15-30(29)35-33(37)36-20-7-1-2-8-21-36/h3-6,9-19H,1-2,7-8,20-23H2,(H,34,38). The smallest absolute Gasteiger partial charge is 0.267 e. The van der Waals surface area contributed by atoms with Crippen LogP contribution in [0.15, 0.2) is 95.8 Å². The Kier molecular flexibility index (Phi) is 7.09. The zero-order valence-corrected chi connectivity index (χ0v) is 22.0. The first-order valence-electron chi connectivity index (χ1n) is 13.8. The van der Waals surface area contributed by atoms with Gasteiger partial charge in [-0.25, -0.2) is 9.55 Å². The molecule has 1 amide bonds. The maximum absolute atomic E-state index is 13.7. The Bertz CT molecular complexity index is 1680. The van der Waals surface area contributed by atoms with Gasteiger partial charge in [-0.3, -0.25) is 9.59 Å². The van der Waals surface area contributed by atoms with Crippen molar-refractivity contribution < 1.29 is 4.79 Å². The third kappa shape index (κ3) is 5.28. The molecule has 39 heavy (non-hydrogen) atoms. The lowest BCUT2D eigenvalue weighted by atomic mass is 10.0. The van der Waals surface area contributed by atoms with E-state index in [4.69, 9.17) is 4.98 Å². The Labute approximate surface area is 227 Å². The molecule has 1 aliphatic heterocycles. The van der Waals surface area contributed by atoms with E-state index >= 15 is 0 Å². The molecule has 4 aromatic carbocycles. The number of aromatic nitrogens is 2. The lowest BCUT2D eigenvalue weighted by Crippen LogP contribution is -2.33. The predicted molar refractivity (Wildman–Crippen MR) is 158 cm³/mol. The SMILES string of the molecule is O=C(Cc1ccc(-n2c(N3CCCCCC3)nc3ccccc3c2=O)cc1)NCc1cccc2ccccc12. The van der Waals surface area contributed by atoms with Crippen LogP contribution in [0.5, 0.6) is 0 Å². The monoisotopic (exact) mass is 516 g/mol. The average Bonchev–Trinajstić information content (AvgIpc) is 3.26. The Morgan fingerprint density at radius 2 is 1.46 bits per heavy atom. The van der Waals surface area contributed by atoms with E-state index in [2.05, 4.69) is 34.5 Å². The lowest BCUT2D eigenvalue weighted by molar-refractivity contribution is -0.120. The van der Waals surface area contributed by atoms with E-state index in [1.54, 1.807) is 4.57 Å². The molecule has 2 heterocycles. The third-order valence-electron chi connectivity index (χ3n) is 7.56. The van der Waals surface area contributed by atoms with Crippen LogP contribution < -0.4 is 15.8 Å². The molecule has 1 N–H and O–H groups in total. The number of para-hydroxylation sites is 1.